The lowest BCUT2D eigenvalue weighted by atomic mass is 10.2. The van der Waals surface area contributed by atoms with Crippen molar-refractivity contribution in [2.45, 2.75) is 18.4 Å². The summed E-state index contributed by atoms with van der Waals surface area (Å²) in [6.45, 7) is 2.36. The topological polar surface area (TPSA) is 108 Å². The number of nitrogens with zero attached hydrogens (tertiary/aromatic N) is 1. The fourth-order valence-electron chi connectivity index (χ4n) is 2.48. The number of nitro groups is 1. The molecule has 25 heavy (non-hydrogen) atoms. The third-order valence-corrected chi connectivity index (χ3v) is 5.19. The van der Waals surface area contributed by atoms with E-state index in [9.17, 15) is 18.5 Å². The third-order valence-electron chi connectivity index (χ3n) is 3.79. The van der Waals surface area contributed by atoms with Gasteiger partial charge in [0.05, 0.1) is 9.82 Å². The highest BCUT2D eigenvalue weighted by Gasteiger charge is 2.21. The van der Waals surface area contributed by atoms with Crippen LogP contribution >= 0.6 is 0 Å². The van der Waals surface area contributed by atoms with Crippen molar-refractivity contribution in [3.63, 3.8) is 0 Å². The Balaban J connectivity index is 1.84. The normalized spacial score (nSPS) is 13.5. The molecule has 0 spiro atoms. The summed E-state index contributed by atoms with van der Waals surface area (Å²) in [5.41, 5.74) is 0.783. The van der Waals surface area contributed by atoms with E-state index in [0.29, 0.717) is 35.8 Å². The van der Waals surface area contributed by atoms with E-state index in [2.05, 4.69) is 4.72 Å². The van der Waals surface area contributed by atoms with Crippen LogP contribution < -0.4 is 14.2 Å². The maximum absolute atomic E-state index is 12.5. The molecular weight excluding hydrogens is 348 g/mol. The second-order valence-electron chi connectivity index (χ2n) is 5.47. The van der Waals surface area contributed by atoms with Crippen molar-refractivity contribution in [2.75, 3.05) is 13.2 Å². The molecule has 0 amide bonds. The summed E-state index contributed by atoms with van der Waals surface area (Å²) in [5, 5.41) is 11.0. The number of hydrogen-bond acceptors (Lipinski definition) is 6. The second-order valence-corrected chi connectivity index (χ2v) is 7.24. The zero-order valence-corrected chi connectivity index (χ0v) is 14.2. The molecular formula is C16H16N2O6S. The zero-order chi connectivity index (χ0) is 18.0. The van der Waals surface area contributed by atoms with Gasteiger partial charge in [0.25, 0.3) is 5.69 Å². The van der Waals surface area contributed by atoms with E-state index in [1.165, 1.54) is 12.1 Å². The fourth-order valence-corrected chi connectivity index (χ4v) is 3.51. The lowest BCUT2D eigenvalue weighted by molar-refractivity contribution is -0.385. The number of benzene rings is 2. The summed E-state index contributed by atoms with van der Waals surface area (Å²) in [7, 11) is -3.91. The van der Waals surface area contributed by atoms with E-state index < -0.39 is 14.9 Å². The van der Waals surface area contributed by atoms with Crippen molar-refractivity contribution in [1.82, 2.24) is 4.72 Å². The molecule has 132 valence electrons. The molecule has 8 nitrogen and oxygen atoms in total. The van der Waals surface area contributed by atoms with Gasteiger partial charge in [0.15, 0.2) is 11.5 Å². The van der Waals surface area contributed by atoms with Crippen LogP contribution in [0.3, 0.4) is 0 Å². The van der Waals surface area contributed by atoms with Crippen LogP contribution in [0.4, 0.5) is 5.69 Å². The summed E-state index contributed by atoms with van der Waals surface area (Å²) >= 11 is 0. The molecule has 9 heteroatoms. The highest BCUT2D eigenvalue weighted by Crippen LogP contribution is 2.33. The standard InChI is InChI=1S/C16H16N2O6S/c1-11-5-6-13(9-14(11)18(19)20)25(21,22)17-10-12-3-2-4-15-16(12)24-8-7-23-15/h2-6,9,17H,7-8,10H2,1H3. The van der Waals surface area contributed by atoms with Gasteiger partial charge in [0.2, 0.25) is 10.0 Å². The van der Waals surface area contributed by atoms with Gasteiger partial charge in [0.1, 0.15) is 13.2 Å². The molecule has 2 aromatic carbocycles. The Kier molecular flexibility index (Phi) is 4.60. The smallest absolute Gasteiger partial charge is 0.273 e. The Labute approximate surface area is 144 Å². The second kappa shape index (κ2) is 6.69. The Morgan fingerprint density at radius 3 is 2.72 bits per heavy atom. The van der Waals surface area contributed by atoms with Gasteiger partial charge in [-0.3, -0.25) is 10.1 Å². The Morgan fingerprint density at radius 1 is 1.20 bits per heavy atom. The quantitative estimate of drug-likeness (QED) is 0.643. The number of aryl methyl sites for hydroxylation is 1. The van der Waals surface area contributed by atoms with E-state index in [1.807, 2.05) is 0 Å². The Morgan fingerprint density at radius 2 is 1.96 bits per heavy atom. The van der Waals surface area contributed by atoms with Crippen LogP contribution in [-0.2, 0) is 16.6 Å². The highest BCUT2D eigenvalue weighted by atomic mass is 32.2. The molecule has 3 rings (SSSR count). The SMILES string of the molecule is Cc1ccc(S(=O)(=O)NCc2cccc3c2OCCO3)cc1[N+](=O)[O-]. The minimum Gasteiger partial charge on any atom is -0.486 e. The van der Waals surface area contributed by atoms with Crippen LogP contribution in [0.25, 0.3) is 0 Å². The summed E-state index contributed by atoms with van der Waals surface area (Å²) in [4.78, 5) is 10.2. The zero-order valence-electron chi connectivity index (χ0n) is 13.4. The molecule has 2 aromatic rings. The largest absolute Gasteiger partial charge is 0.486 e. The third kappa shape index (κ3) is 3.57. The summed E-state index contributed by atoms with van der Waals surface area (Å²) in [5.74, 6) is 1.07. The van der Waals surface area contributed by atoms with Crippen molar-refractivity contribution >= 4 is 15.7 Å². The average molecular weight is 364 g/mol. The van der Waals surface area contributed by atoms with Crippen molar-refractivity contribution in [1.29, 1.82) is 0 Å². The number of nitro benzene ring substituents is 1. The molecule has 0 unspecified atom stereocenters. The first-order valence-electron chi connectivity index (χ1n) is 7.51. The van der Waals surface area contributed by atoms with Crippen molar-refractivity contribution in [3.05, 3.63) is 57.6 Å². The maximum Gasteiger partial charge on any atom is 0.273 e. The molecule has 1 aliphatic rings. The van der Waals surface area contributed by atoms with Crippen molar-refractivity contribution < 1.29 is 22.8 Å². The van der Waals surface area contributed by atoms with Gasteiger partial charge in [-0.15, -0.1) is 0 Å². The van der Waals surface area contributed by atoms with Crippen LogP contribution in [0.5, 0.6) is 11.5 Å². The van der Waals surface area contributed by atoms with Crippen LogP contribution in [0.2, 0.25) is 0 Å². The van der Waals surface area contributed by atoms with Crippen molar-refractivity contribution in [3.8, 4) is 11.5 Å². The Hall–Kier alpha value is -2.65. The predicted molar refractivity (Wildman–Crippen MR) is 89.3 cm³/mol. The molecule has 0 saturated carbocycles. The van der Waals surface area contributed by atoms with Gasteiger partial charge in [-0.05, 0) is 19.1 Å². The number of hydrogen-bond donors (Lipinski definition) is 1. The predicted octanol–water partition coefficient (Wildman–Crippen LogP) is 2.15. The first-order valence-corrected chi connectivity index (χ1v) is 8.99. The molecule has 0 bridgehead atoms. The monoisotopic (exact) mass is 364 g/mol. The van der Waals surface area contributed by atoms with Gasteiger partial charge in [0, 0.05) is 23.7 Å². The van der Waals surface area contributed by atoms with Crippen LogP contribution in [-0.4, -0.2) is 26.6 Å². The number of ether oxygens (including phenoxy) is 2. The number of para-hydroxylation sites is 1. The lowest BCUT2D eigenvalue weighted by Crippen LogP contribution is -2.24. The fraction of sp³-hybridized carbons (Fsp3) is 0.250. The van der Waals surface area contributed by atoms with E-state index in [1.54, 1.807) is 25.1 Å². The summed E-state index contributed by atoms with van der Waals surface area (Å²) in [6.07, 6.45) is 0. The maximum atomic E-state index is 12.5. The molecule has 0 aromatic heterocycles. The van der Waals surface area contributed by atoms with E-state index in [-0.39, 0.29) is 17.1 Å². The minimum atomic E-state index is -3.91. The minimum absolute atomic E-state index is 0.0173. The number of nitrogens with one attached hydrogen (secondary N) is 1. The van der Waals surface area contributed by atoms with Crippen LogP contribution in [0.15, 0.2) is 41.3 Å². The Bertz CT molecular complexity index is 926. The van der Waals surface area contributed by atoms with Gasteiger partial charge in [-0.25, -0.2) is 13.1 Å². The van der Waals surface area contributed by atoms with Gasteiger partial charge in [-0.2, -0.15) is 0 Å². The van der Waals surface area contributed by atoms with Crippen LogP contribution in [0.1, 0.15) is 11.1 Å². The first-order chi connectivity index (χ1) is 11.9. The molecule has 0 aliphatic carbocycles. The van der Waals surface area contributed by atoms with Crippen molar-refractivity contribution in [2.24, 2.45) is 0 Å². The average Bonchev–Trinajstić information content (AvgIpc) is 2.60. The van der Waals surface area contributed by atoms with Gasteiger partial charge >= 0.3 is 0 Å². The number of rotatable bonds is 5. The van der Waals surface area contributed by atoms with Gasteiger partial charge < -0.3 is 9.47 Å². The number of sulfonamides is 1. The highest BCUT2D eigenvalue weighted by molar-refractivity contribution is 7.89. The lowest BCUT2D eigenvalue weighted by Gasteiger charge is -2.21. The summed E-state index contributed by atoms with van der Waals surface area (Å²) in [6, 6.07) is 9.02. The molecule has 1 N–H and O–H groups in total. The summed E-state index contributed by atoms with van der Waals surface area (Å²) < 4.78 is 38.4. The molecule has 0 saturated heterocycles. The molecule has 0 fully saturated rings. The van der Waals surface area contributed by atoms with E-state index in [4.69, 9.17) is 9.47 Å². The molecule has 1 heterocycles. The van der Waals surface area contributed by atoms with Gasteiger partial charge in [-0.1, -0.05) is 18.2 Å². The first kappa shape index (κ1) is 17.2. The molecule has 0 radical (unpaired) electrons. The van der Waals surface area contributed by atoms with E-state index >= 15 is 0 Å². The van der Waals surface area contributed by atoms with Crippen LogP contribution in [0, 0.1) is 17.0 Å². The van der Waals surface area contributed by atoms with E-state index in [0.717, 1.165) is 6.07 Å². The number of fused-ring (bicyclic) bond motifs is 1. The molecule has 1 aliphatic heterocycles. The molecule has 0 atom stereocenters.